The van der Waals surface area contributed by atoms with E-state index in [2.05, 4.69) is 55.4 Å². The summed E-state index contributed by atoms with van der Waals surface area (Å²) in [6, 6.07) is 0. The van der Waals surface area contributed by atoms with Gasteiger partial charge in [-0.25, -0.2) is 0 Å². The van der Waals surface area contributed by atoms with Crippen molar-refractivity contribution in [3.05, 3.63) is 0 Å². The third kappa shape index (κ3) is 11.8. The summed E-state index contributed by atoms with van der Waals surface area (Å²) in [6.07, 6.45) is 4.91. The molecule has 0 amide bonds. The normalized spacial score (nSPS) is 17.3. The van der Waals surface area contributed by atoms with Crippen molar-refractivity contribution in [2.24, 2.45) is 28.6 Å². The molecule has 2 nitrogen and oxygen atoms in total. The van der Waals surface area contributed by atoms with Crippen LogP contribution >= 0.6 is 0 Å². The van der Waals surface area contributed by atoms with Crippen LogP contribution in [0.2, 0.25) is 0 Å². The fourth-order valence-corrected chi connectivity index (χ4v) is 3.59. The second kappa shape index (κ2) is 8.19. The second-order valence-electron chi connectivity index (χ2n) is 9.59. The van der Waals surface area contributed by atoms with Crippen LogP contribution in [0.25, 0.3) is 0 Å². The minimum atomic E-state index is -0.612. The van der Waals surface area contributed by atoms with E-state index in [1.54, 1.807) is 0 Å². The molecule has 0 aromatic rings. The first-order valence-corrected chi connectivity index (χ1v) is 8.53. The Kier molecular flexibility index (Phi) is 7.99. The van der Waals surface area contributed by atoms with Crippen molar-refractivity contribution in [1.82, 2.24) is 0 Å². The van der Waals surface area contributed by atoms with E-state index in [1.165, 1.54) is 0 Å². The van der Waals surface area contributed by atoms with Crippen LogP contribution in [-0.2, 0) is 4.79 Å². The zero-order valence-electron chi connectivity index (χ0n) is 15.6. The smallest absolute Gasteiger partial charge is 0.306 e. The Bertz CT molecular complexity index is 307. The average molecular weight is 299 g/mol. The van der Waals surface area contributed by atoms with E-state index < -0.39 is 5.97 Å². The number of hydrogen-bond donors (Lipinski definition) is 1. The monoisotopic (exact) mass is 298 g/mol. The van der Waals surface area contributed by atoms with Crippen LogP contribution in [0, 0.1) is 28.6 Å². The molecule has 1 N–H and O–H groups in total. The van der Waals surface area contributed by atoms with Gasteiger partial charge in [-0.05, 0) is 54.8 Å². The quantitative estimate of drug-likeness (QED) is 0.596. The average Bonchev–Trinajstić information content (AvgIpc) is 2.18. The minimum Gasteiger partial charge on any atom is -0.481 e. The lowest BCUT2D eigenvalue weighted by molar-refractivity contribution is -0.142. The predicted octanol–water partition coefficient (Wildman–Crippen LogP) is 6.00. The molecule has 0 bridgehead atoms. The van der Waals surface area contributed by atoms with Gasteiger partial charge in [0, 0.05) is 0 Å². The molecule has 0 aliphatic heterocycles. The van der Waals surface area contributed by atoms with Gasteiger partial charge in [-0.15, -0.1) is 0 Å². The van der Waals surface area contributed by atoms with E-state index in [4.69, 9.17) is 0 Å². The number of carbonyl (C=O) groups is 1. The molecule has 0 aromatic carbocycles. The molecule has 3 atom stereocenters. The first-order chi connectivity index (χ1) is 9.30. The molecule has 3 unspecified atom stereocenters. The summed E-state index contributed by atoms with van der Waals surface area (Å²) in [7, 11) is 0. The zero-order chi connectivity index (χ0) is 16.8. The van der Waals surface area contributed by atoms with Gasteiger partial charge in [0.25, 0.3) is 0 Å². The van der Waals surface area contributed by atoms with Crippen LogP contribution in [0.1, 0.15) is 87.5 Å². The van der Waals surface area contributed by atoms with Gasteiger partial charge >= 0.3 is 5.97 Å². The lowest BCUT2D eigenvalue weighted by Crippen LogP contribution is -2.21. The predicted molar refractivity (Wildman–Crippen MR) is 91.4 cm³/mol. The molecule has 0 saturated carbocycles. The van der Waals surface area contributed by atoms with Crippen LogP contribution in [0.5, 0.6) is 0 Å². The van der Waals surface area contributed by atoms with Gasteiger partial charge in [-0.3, -0.25) is 4.79 Å². The summed E-state index contributed by atoms with van der Waals surface area (Å²) in [5.41, 5.74) is 0.611. The van der Waals surface area contributed by atoms with Gasteiger partial charge in [-0.2, -0.15) is 0 Å². The molecule has 0 saturated heterocycles. The molecule has 2 heteroatoms. The number of aliphatic carboxylic acids is 1. The molecule has 126 valence electrons. The molecule has 0 rings (SSSR count). The molecular weight excluding hydrogens is 260 g/mol. The maximum atomic E-state index is 11.5. The Morgan fingerprint density at radius 1 is 0.857 bits per heavy atom. The van der Waals surface area contributed by atoms with Crippen molar-refractivity contribution in [3.63, 3.8) is 0 Å². The summed E-state index contributed by atoms with van der Waals surface area (Å²) in [4.78, 5) is 11.5. The summed E-state index contributed by atoms with van der Waals surface area (Å²) in [5.74, 6) is 0.289. The first kappa shape index (κ1) is 20.5. The Morgan fingerprint density at radius 2 is 1.29 bits per heavy atom. The molecule has 0 fully saturated rings. The summed E-state index contributed by atoms with van der Waals surface area (Å²) in [6.45, 7) is 17.9. The Morgan fingerprint density at radius 3 is 1.67 bits per heavy atom. The van der Waals surface area contributed by atoms with Gasteiger partial charge in [0.15, 0.2) is 0 Å². The van der Waals surface area contributed by atoms with E-state index >= 15 is 0 Å². The maximum Gasteiger partial charge on any atom is 0.306 e. The lowest BCUT2D eigenvalue weighted by atomic mass is 9.79. The number of rotatable bonds is 8. The van der Waals surface area contributed by atoms with E-state index in [-0.39, 0.29) is 11.3 Å². The van der Waals surface area contributed by atoms with Crippen LogP contribution in [0.4, 0.5) is 0 Å². The van der Waals surface area contributed by atoms with Gasteiger partial charge in [0.2, 0.25) is 0 Å². The Labute approximate surface area is 132 Å². The molecular formula is C19H38O2. The van der Waals surface area contributed by atoms with Gasteiger partial charge < -0.3 is 5.11 Å². The zero-order valence-corrected chi connectivity index (χ0v) is 15.6. The minimum absolute atomic E-state index is 0.176. The van der Waals surface area contributed by atoms with E-state index in [1.807, 2.05) is 0 Å². The molecule has 0 aromatic heterocycles. The summed E-state index contributed by atoms with van der Waals surface area (Å²) < 4.78 is 0. The third-order valence-corrected chi connectivity index (χ3v) is 3.97. The van der Waals surface area contributed by atoms with E-state index in [9.17, 15) is 9.90 Å². The van der Waals surface area contributed by atoms with Gasteiger partial charge in [0.05, 0.1) is 5.92 Å². The fraction of sp³-hybridized carbons (Fsp3) is 0.947. The van der Waals surface area contributed by atoms with Crippen molar-refractivity contribution >= 4 is 5.97 Å². The van der Waals surface area contributed by atoms with Gasteiger partial charge in [-0.1, -0.05) is 55.4 Å². The summed E-state index contributed by atoms with van der Waals surface area (Å²) >= 11 is 0. The number of carboxylic acids is 1. The molecule has 0 radical (unpaired) electrons. The first-order valence-electron chi connectivity index (χ1n) is 8.53. The highest BCUT2D eigenvalue weighted by Crippen LogP contribution is 2.32. The summed E-state index contributed by atoms with van der Waals surface area (Å²) in [5, 5.41) is 9.47. The van der Waals surface area contributed by atoms with Gasteiger partial charge in [0.1, 0.15) is 0 Å². The van der Waals surface area contributed by atoms with E-state index in [0.717, 1.165) is 32.1 Å². The second-order valence-corrected chi connectivity index (χ2v) is 9.59. The van der Waals surface area contributed by atoms with Crippen LogP contribution < -0.4 is 0 Å². The fourth-order valence-electron chi connectivity index (χ4n) is 3.59. The molecule has 21 heavy (non-hydrogen) atoms. The third-order valence-electron chi connectivity index (χ3n) is 3.97. The van der Waals surface area contributed by atoms with E-state index in [0.29, 0.717) is 17.3 Å². The Balaban J connectivity index is 4.35. The highest BCUT2D eigenvalue weighted by atomic mass is 16.4. The topological polar surface area (TPSA) is 37.3 Å². The molecule has 0 aliphatic carbocycles. The molecule has 0 spiro atoms. The SMILES string of the molecule is CC(CCC(CC(C)CC(C)(C)C)C(=O)O)CC(C)(C)C. The van der Waals surface area contributed by atoms with Crippen molar-refractivity contribution in [1.29, 1.82) is 0 Å². The number of carboxylic acid groups (broad SMARTS) is 1. The van der Waals surface area contributed by atoms with Crippen molar-refractivity contribution in [2.45, 2.75) is 87.5 Å². The highest BCUT2D eigenvalue weighted by molar-refractivity contribution is 5.69. The Hall–Kier alpha value is -0.530. The van der Waals surface area contributed by atoms with Crippen molar-refractivity contribution in [2.75, 3.05) is 0 Å². The lowest BCUT2D eigenvalue weighted by Gasteiger charge is -2.27. The number of hydrogen-bond acceptors (Lipinski definition) is 1. The standard InChI is InChI=1S/C19H38O2/c1-14(12-18(3,4)5)9-10-16(17(20)21)11-15(2)13-19(6,7)8/h14-16H,9-13H2,1-8H3,(H,20,21). The highest BCUT2D eigenvalue weighted by Gasteiger charge is 2.24. The van der Waals surface area contributed by atoms with Crippen molar-refractivity contribution < 1.29 is 9.90 Å². The molecule has 0 aliphatic rings. The van der Waals surface area contributed by atoms with Crippen molar-refractivity contribution in [3.8, 4) is 0 Å². The van der Waals surface area contributed by atoms with Crippen LogP contribution in [0.15, 0.2) is 0 Å². The maximum absolute atomic E-state index is 11.5. The molecule has 0 heterocycles. The van der Waals surface area contributed by atoms with Crippen LogP contribution in [-0.4, -0.2) is 11.1 Å². The van der Waals surface area contributed by atoms with Crippen LogP contribution in [0.3, 0.4) is 0 Å². The largest absolute Gasteiger partial charge is 0.481 e.